The maximum Gasteiger partial charge on any atom is 0.222 e. The minimum Gasteiger partial charge on any atom is -0.304 e. The minimum absolute atomic E-state index is 0.260. The Bertz CT molecular complexity index is 335. The largest absolute Gasteiger partial charge is 0.304 e. The first-order valence-corrected chi connectivity index (χ1v) is 6.75. The number of nitrogens with zero attached hydrogens (tertiary/aromatic N) is 2. The molecule has 0 aliphatic rings. The molecular weight excluding hydrogens is 259 g/mol. The smallest absolute Gasteiger partial charge is 0.222 e. The van der Waals surface area contributed by atoms with Crippen LogP contribution in [0.15, 0.2) is 23.3 Å². The van der Waals surface area contributed by atoms with Crippen molar-refractivity contribution < 1.29 is 4.39 Å². The van der Waals surface area contributed by atoms with Gasteiger partial charge in [-0.05, 0) is 38.5 Å². The Labute approximate surface area is 112 Å². The molecule has 1 aromatic rings. The molecule has 0 aliphatic carbocycles. The zero-order chi connectivity index (χ0) is 13.5. The van der Waals surface area contributed by atoms with Crippen molar-refractivity contribution in [2.24, 2.45) is 4.99 Å². The summed E-state index contributed by atoms with van der Waals surface area (Å²) < 4.78 is 13.2. The van der Waals surface area contributed by atoms with Crippen molar-refractivity contribution in [2.45, 2.75) is 24.2 Å². The Morgan fingerprint density at radius 1 is 1.59 bits per heavy atom. The topological polar surface area (TPSA) is 25.2 Å². The number of alkyl halides is 2. The van der Waals surface area contributed by atoms with E-state index in [4.69, 9.17) is 11.6 Å². The van der Waals surface area contributed by atoms with Gasteiger partial charge in [0.15, 0.2) is 0 Å². The zero-order valence-electron chi connectivity index (χ0n) is 10.6. The first-order valence-electron chi connectivity index (χ1n) is 5.08. The number of aliphatic imine (C=N–C) groups is 1. The third-order valence-corrected chi connectivity index (χ3v) is 3.23. The summed E-state index contributed by atoms with van der Waals surface area (Å²) in [5.74, 6) is 0. The van der Waals surface area contributed by atoms with Crippen LogP contribution in [0.5, 0.6) is 0 Å². The van der Waals surface area contributed by atoms with Gasteiger partial charge in [0.2, 0.25) is 5.13 Å². The molecule has 0 saturated carbocycles. The molecule has 0 radical (unpaired) electrons. The molecule has 0 spiro atoms. The first-order chi connectivity index (χ1) is 7.86. The van der Waals surface area contributed by atoms with E-state index in [-0.39, 0.29) is 5.69 Å². The summed E-state index contributed by atoms with van der Waals surface area (Å²) in [7, 11) is 1.64. The van der Waals surface area contributed by atoms with Crippen LogP contribution >= 0.6 is 23.4 Å². The van der Waals surface area contributed by atoms with Crippen molar-refractivity contribution >= 4 is 30.1 Å². The molecule has 0 bridgehead atoms. The Morgan fingerprint density at radius 3 is 2.41 bits per heavy atom. The standard InChI is InChI=1S/C10H13ClFNS.C2H5N/c1-7(14-3)8-4-5-9(13-6-8)10(2,11)12;1-3-2/h4-7H,1-3H3;1H2,2H3. The van der Waals surface area contributed by atoms with E-state index in [1.165, 1.54) is 6.92 Å². The van der Waals surface area contributed by atoms with Crippen LogP contribution < -0.4 is 0 Å². The van der Waals surface area contributed by atoms with Crippen LogP contribution in [0, 0.1) is 0 Å². The van der Waals surface area contributed by atoms with Crippen LogP contribution in [0.2, 0.25) is 0 Å². The molecule has 0 amide bonds. The van der Waals surface area contributed by atoms with Gasteiger partial charge >= 0.3 is 0 Å². The molecule has 1 aromatic heterocycles. The Kier molecular flexibility index (Phi) is 7.39. The van der Waals surface area contributed by atoms with Crippen molar-refractivity contribution in [3.05, 3.63) is 29.6 Å². The number of aromatic nitrogens is 1. The van der Waals surface area contributed by atoms with E-state index in [1.54, 1.807) is 31.1 Å². The third-order valence-electron chi connectivity index (χ3n) is 2.06. The quantitative estimate of drug-likeness (QED) is 0.610. The van der Waals surface area contributed by atoms with E-state index < -0.39 is 5.13 Å². The summed E-state index contributed by atoms with van der Waals surface area (Å²) in [5, 5.41) is -1.50. The van der Waals surface area contributed by atoms with Crippen LogP contribution in [-0.4, -0.2) is 25.0 Å². The Hall–Kier alpha value is -0.610. The molecule has 2 atom stereocenters. The van der Waals surface area contributed by atoms with Crippen LogP contribution in [0.1, 0.15) is 30.4 Å². The first kappa shape index (κ1) is 16.4. The van der Waals surface area contributed by atoms with E-state index >= 15 is 0 Å². The van der Waals surface area contributed by atoms with E-state index in [0.717, 1.165) is 5.56 Å². The van der Waals surface area contributed by atoms with Gasteiger partial charge in [0.05, 0.1) is 5.69 Å². The van der Waals surface area contributed by atoms with Crippen molar-refractivity contribution in [1.29, 1.82) is 0 Å². The fourth-order valence-electron chi connectivity index (χ4n) is 1.04. The van der Waals surface area contributed by atoms with Gasteiger partial charge in [-0.25, -0.2) is 4.39 Å². The predicted octanol–water partition coefficient (Wildman–Crippen LogP) is 4.20. The van der Waals surface area contributed by atoms with Gasteiger partial charge < -0.3 is 4.99 Å². The van der Waals surface area contributed by atoms with Gasteiger partial charge in [-0.1, -0.05) is 17.7 Å². The molecule has 0 aliphatic heterocycles. The van der Waals surface area contributed by atoms with E-state index in [9.17, 15) is 4.39 Å². The van der Waals surface area contributed by atoms with E-state index in [1.807, 2.05) is 12.3 Å². The molecule has 17 heavy (non-hydrogen) atoms. The van der Waals surface area contributed by atoms with Crippen molar-refractivity contribution in [1.82, 2.24) is 4.98 Å². The zero-order valence-corrected chi connectivity index (χ0v) is 12.1. The van der Waals surface area contributed by atoms with Crippen LogP contribution in [0.3, 0.4) is 0 Å². The molecule has 5 heteroatoms. The molecular formula is C12H18ClFN2S. The molecule has 1 heterocycles. The summed E-state index contributed by atoms with van der Waals surface area (Å²) in [6.45, 7) is 6.48. The van der Waals surface area contributed by atoms with Crippen LogP contribution in [0.25, 0.3) is 0 Å². The fraction of sp³-hybridized carbons (Fsp3) is 0.500. The predicted molar refractivity (Wildman–Crippen MR) is 76.0 cm³/mol. The summed E-state index contributed by atoms with van der Waals surface area (Å²) in [6, 6.07) is 3.50. The molecule has 0 aromatic carbocycles. The Morgan fingerprint density at radius 2 is 2.12 bits per heavy atom. The highest BCUT2D eigenvalue weighted by Crippen LogP contribution is 2.30. The normalized spacial score (nSPS) is 15.2. The molecule has 0 fully saturated rings. The maximum absolute atomic E-state index is 13.2. The number of halogens is 2. The minimum atomic E-state index is -1.87. The number of hydrogen-bond donors (Lipinski definition) is 0. The summed E-state index contributed by atoms with van der Waals surface area (Å²) in [5.41, 5.74) is 1.35. The van der Waals surface area contributed by atoms with Crippen molar-refractivity contribution in [3.63, 3.8) is 0 Å². The molecule has 0 saturated heterocycles. The van der Waals surface area contributed by atoms with Crippen LogP contribution in [0.4, 0.5) is 4.39 Å². The fourth-order valence-corrected chi connectivity index (χ4v) is 1.56. The van der Waals surface area contributed by atoms with Gasteiger partial charge in [0, 0.05) is 18.5 Å². The van der Waals surface area contributed by atoms with Gasteiger partial charge in [0.25, 0.3) is 0 Å². The molecule has 1 rings (SSSR count). The third kappa shape index (κ3) is 6.03. The highest BCUT2D eigenvalue weighted by atomic mass is 35.5. The maximum atomic E-state index is 13.2. The average Bonchev–Trinajstić information content (AvgIpc) is 2.28. The molecule has 2 unspecified atom stereocenters. The van der Waals surface area contributed by atoms with Crippen molar-refractivity contribution in [3.8, 4) is 0 Å². The highest BCUT2D eigenvalue weighted by molar-refractivity contribution is 7.98. The lowest BCUT2D eigenvalue weighted by Gasteiger charge is -2.13. The van der Waals surface area contributed by atoms with Crippen molar-refractivity contribution in [2.75, 3.05) is 13.3 Å². The van der Waals surface area contributed by atoms with Gasteiger partial charge in [-0.3, -0.25) is 4.98 Å². The van der Waals surface area contributed by atoms with E-state index in [2.05, 4.69) is 23.6 Å². The van der Waals surface area contributed by atoms with Gasteiger partial charge in [-0.15, -0.1) is 0 Å². The lowest BCUT2D eigenvalue weighted by atomic mass is 10.2. The van der Waals surface area contributed by atoms with E-state index in [0.29, 0.717) is 5.25 Å². The van der Waals surface area contributed by atoms with Gasteiger partial charge in [0.1, 0.15) is 0 Å². The summed E-state index contributed by atoms with van der Waals surface area (Å²) in [4.78, 5) is 7.25. The highest BCUT2D eigenvalue weighted by Gasteiger charge is 2.23. The second-order valence-electron chi connectivity index (χ2n) is 3.56. The lowest BCUT2D eigenvalue weighted by molar-refractivity contribution is 0.306. The summed E-state index contributed by atoms with van der Waals surface area (Å²) in [6.07, 6.45) is 3.70. The van der Waals surface area contributed by atoms with Gasteiger partial charge in [-0.2, -0.15) is 11.8 Å². The second kappa shape index (κ2) is 7.67. The molecule has 0 N–H and O–H groups in total. The Balaban J connectivity index is 0.000000770. The average molecular weight is 277 g/mol. The number of rotatable bonds is 3. The molecule has 96 valence electrons. The molecule has 2 nitrogen and oxygen atoms in total. The SMILES string of the molecule is C=NC.CSC(C)c1ccc(C(C)(F)Cl)nc1. The second-order valence-corrected chi connectivity index (χ2v) is 5.45. The summed E-state index contributed by atoms with van der Waals surface area (Å²) >= 11 is 7.21. The number of hydrogen-bond acceptors (Lipinski definition) is 3. The number of pyridine rings is 1. The number of thioether (sulfide) groups is 1. The lowest BCUT2D eigenvalue weighted by Crippen LogP contribution is -2.08. The monoisotopic (exact) mass is 276 g/mol. The van der Waals surface area contributed by atoms with Crippen LogP contribution in [-0.2, 0) is 5.13 Å².